The Morgan fingerprint density at radius 3 is 1.27 bits per heavy atom. The Bertz CT molecular complexity index is 691. The summed E-state index contributed by atoms with van der Waals surface area (Å²) in [6.07, 6.45) is 19.7. The van der Waals surface area contributed by atoms with Crippen LogP contribution in [0.15, 0.2) is 0 Å². The van der Waals surface area contributed by atoms with Gasteiger partial charge in [-0.2, -0.15) is 8.42 Å². The number of carboxylic acid groups (broad SMARTS) is 2. The molecule has 0 fully saturated rings. The number of carbonyl (C=O) groups is 2. The summed E-state index contributed by atoms with van der Waals surface area (Å²) in [7, 11) is -5.12. The van der Waals surface area contributed by atoms with Crippen LogP contribution in [0.5, 0.6) is 0 Å². The van der Waals surface area contributed by atoms with Gasteiger partial charge in [0.25, 0.3) is 10.1 Å². The van der Waals surface area contributed by atoms with Crippen LogP contribution in [-0.2, 0) is 19.7 Å². The minimum absolute atomic E-state index is 0. The number of hydrogen-bond donors (Lipinski definition) is 3. The van der Waals surface area contributed by atoms with Crippen molar-refractivity contribution in [2.75, 3.05) is 0 Å². The summed E-state index contributed by atoms with van der Waals surface area (Å²) in [5, 5.41) is 19.7. The van der Waals surface area contributed by atoms with E-state index in [-0.39, 0.29) is 50.2 Å². The fourth-order valence-corrected chi connectivity index (χ4v) is 6.32. The van der Waals surface area contributed by atoms with Crippen LogP contribution >= 0.6 is 0 Å². The minimum Gasteiger partial charge on any atom is -1.00 e. The van der Waals surface area contributed by atoms with E-state index in [1.54, 1.807) is 0 Å². The van der Waals surface area contributed by atoms with Crippen molar-refractivity contribution >= 4 is 22.1 Å². The van der Waals surface area contributed by atoms with Crippen LogP contribution < -0.4 is 29.6 Å². The predicted octanol–water partition coefficient (Wildman–Crippen LogP) is 5.14. The van der Waals surface area contributed by atoms with Gasteiger partial charge in [-0.15, -0.1) is 0 Å². The second-order valence-electron chi connectivity index (χ2n) is 10.5. The molecule has 3 N–H and O–H groups in total. The Balaban J connectivity index is -0.00000612. The maximum Gasteiger partial charge on any atom is 1.00 e. The summed E-state index contributed by atoms with van der Waals surface area (Å²) in [6, 6.07) is 0. The maximum absolute atomic E-state index is 12.3. The van der Waals surface area contributed by atoms with Gasteiger partial charge in [0.2, 0.25) is 4.75 Å². The van der Waals surface area contributed by atoms with E-state index in [4.69, 9.17) is 0 Å². The number of aliphatic carboxylic acids is 2. The quantitative estimate of drug-likeness (QED) is 0.0762. The molecule has 0 aromatic heterocycles. The second-order valence-corrected chi connectivity index (χ2v) is 12.1. The van der Waals surface area contributed by atoms with E-state index in [0.717, 1.165) is 51.4 Å². The van der Waals surface area contributed by atoms with Crippen molar-refractivity contribution in [2.45, 2.75) is 160 Å². The molecule has 9 heteroatoms. The molecule has 7 nitrogen and oxygen atoms in total. The summed E-state index contributed by atoms with van der Waals surface area (Å²) < 4.78 is 31.9. The molecule has 0 aromatic carbocycles. The molecule has 2 atom stereocenters. The molecule has 0 amide bonds. The van der Waals surface area contributed by atoms with Gasteiger partial charge >= 0.3 is 41.5 Å². The Morgan fingerprint density at radius 1 is 0.649 bits per heavy atom. The SMILES string of the molecule is CCCCCCCCCCCCC(C(=O)O)C(CCCCCCCCCCCC)(C(=O)O)S(=O)(=O)O.[H-].[Na+]. The molecule has 0 radical (unpaired) electrons. The summed E-state index contributed by atoms with van der Waals surface area (Å²) in [6.45, 7) is 4.36. The molecule has 2 unspecified atom stereocenters. The fourth-order valence-electron chi connectivity index (χ4n) is 5.12. The van der Waals surface area contributed by atoms with E-state index in [2.05, 4.69) is 13.8 Å². The van der Waals surface area contributed by atoms with Crippen molar-refractivity contribution < 1.29 is 63.8 Å². The molecular formula is C28H55NaO7S. The summed E-state index contributed by atoms with van der Waals surface area (Å²) in [5.74, 6) is -4.91. The largest absolute Gasteiger partial charge is 1.00 e. The fraction of sp³-hybridized carbons (Fsp3) is 0.929. The standard InChI is InChI=1S/C28H54O7S.Na.H/c1-3-5-7-9-11-13-15-17-19-21-23-25(26(29)30)28(27(31)32,36(33,34)35)24-22-20-18-16-14-12-10-8-6-4-2;;/h25H,3-24H2,1-2H3,(H,29,30)(H,31,32)(H,33,34,35);;/q;+1;-1. The molecule has 216 valence electrons. The first-order chi connectivity index (χ1) is 17.1. The Labute approximate surface area is 250 Å². The molecule has 0 bridgehead atoms. The van der Waals surface area contributed by atoms with E-state index >= 15 is 0 Å². The maximum atomic E-state index is 12.3. The molecular weight excluding hydrogens is 503 g/mol. The van der Waals surface area contributed by atoms with E-state index in [9.17, 15) is 32.8 Å². The molecule has 0 aliphatic rings. The smallest absolute Gasteiger partial charge is 1.00 e. The average molecular weight is 559 g/mol. The van der Waals surface area contributed by atoms with Crippen molar-refractivity contribution in [1.82, 2.24) is 0 Å². The van der Waals surface area contributed by atoms with E-state index in [1.807, 2.05) is 0 Å². The topological polar surface area (TPSA) is 129 Å². The third kappa shape index (κ3) is 16.5. The zero-order valence-corrected chi connectivity index (χ0v) is 26.8. The first-order valence-electron chi connectivity index (χ1n) is 14.6. The van der Waals surface area contributed by atoms with Crippen LogP contribution in [-0.4, -0.2) is 39.9 Å². The molecule has 0 spiro atoms. The summed E-state index contributed by atoms with van der Waals surface area (Å²) in [5.41, 5.74) is 0. The molecule has 0 aliphatic carbocycles. The molecule has 0 rings (SSSR count). The van der Waals surface area contributed by atoms with Crippen LogP contribution in [0.1, 0.15) is 157 Å². The molecule has 0 heterocycles. The van der Waals surface area contributed by atoms with Gasteiger partial charge in [0.1, 0.15) is 0 Å². The Hall–Kier alpha value is -0.150. The molecule has 37 heavy (non-hydrogen) atoms. The van der Waals surface area contributed by atoms with Crippen molar-refractivity contribution in [3.8, 4) is 0 Å². The normalized spacial score (nSPS) is 14.0. The first-order valence-corrected chi connectivity index (χ1v) is 16.0. The number of carboxylic acids is 2. The van der Waals surface area contributed by atoms with E-state index in [0.29, 0.717) is 12.8 Å². The van der Waals surface area contributed by atoms with Gasteiger partial charge in [-0.25, -0.2) is 0 Å². The third-order valence-corrected chi connectivity index (χ3v) is 9.02. The van der Waals surface area contributed by atoms with Crippen molar-refractivity contribution in [1.29, 1.82) is 0 Å². The van der Waals surface area contributed by atoms with E-state index < -0.39 is 32.7 Å². The summed E-state index contributed by atoms with van der Waals surface area (Å²) >= 11 is 0. The van der Waals surface area contributed by atoms with E-state index in [1.165, 1.54) is 57.8 Å². The molecule has 0 aromatic rings. The van der Waals surface area contributed by atoms with Gasteiger partial charge < -0.3 is 11.6 Å². The van der Waals surface area contributed by atoms with Gasteiger partial charge in [0, 0.05) is 0 Å². The Kier molecular flexibility index (Phi) is 25.0. The molecule has 0 saturated heterocycles. The summed E-state index contributed by atoms with van der Waals surface area (Å²) in [4.78, 5) is 24.2. The van der Waals surface area contributed by atoms with Crippen LogP contribution in [0.3, 0.4) is 0 Å². The van der Waals surface area contributed by atoms with Crippen LogP contribution in [0.2, 0.25) is 0 Å². The van der Waals surface area contributed by atoms with Crippen LogP contribution in [0.25, 0.3) is 0 Å². The Morgan fingerprint density at radius 2 is 0.973 bits per heavy atom. The van der Waals surface area contributed by atoms with Crippen molar-refractivity contribution in [3.05, 3.63) is 0 Å². The zero-order chi connectivity index (χ0) is 27.3. The van der Waals surface area contributed by atoms with Crippen LogP contribution in [0, 0.1) is 5.92 Å². The second kappa shape index (κ2) is 23.7. The minimum atomic E-state index is -5.12. The number of rotatable bonds is 26. The van der Waals surface area contributed by atoms with Gasteiger partial charge in [-0.05, 0) is 12.8 Å². The van der Waals surface area contributed by atoms with Crippen molar-refractivity contribution in [2.24, 2.45) is 5.92 Å². The predicted molar refractivity (Wildman–Crippen MR) is 147 cm³/mol. The number of hydrogen-bond acceptors (Lipinski definition) is 4. The monoisotopic (exact) mass is 558 g/mol. The van der Waals surface area contributed by atoms with Crippen LogP contribution in [0.4, 0.5) is 0 Å². The number of unbranched alkanes of at least 4 members (excludes halogenated alkanes) is 18. The van der Waals surface area contributed by atoms with Gasteiger partial charge in [-0.1, -0.05) is 142 Å². The first kappa shape index (κ1) is 39.0. The van der Waals surface area contributed by atoms with Crippen molar-refractivity contribution in [3.63, 3.8) is 0 Å². The average Bonchev–Trinajstić information content (AvgIpc) is 2.80. The zero-order valence-electron chi connectivity index (χ0n) is 25.0. The molecule has 0 aliphatic heterocycles. The van der Waals surface area contributed by atoms with Gasteiger partial charge in [0.05, 0.1) is 5.92 Å². The third-order valence-electron chi connectivity index (χ3n) is 7.43. The van der Waals surface area contributed by atoms with Gasteiger partial charge in [-0.3, -0.25) is 14.1 Å². The molecule has 0 saturated carbocycles. The van der Waals surface area contributed by atoms with Gasteiger partial charge in [0.15, 0.2) is 0 Å².